The van der Waals surface area contributed by atoms with Crippen molar-refractivity contribution in [2.75, 3.05) is 10.6 Å². The first-order chi connectivity index (χ1) is 13.6. The van der Waals surface area contributed by atoms with Gasteiger partial charge in [0, 0.05) is 6.07 Å². The van der Waals surface area contributed by atoms with E-state index in [1.165, 1.54) is 13.0 Å². The van der Waals surface area contributed by atoms with Gasteiger partial charge in [0.25, 0.3) is 10.0 Å². The van der Waals surface area contributed by atoms with Gasteiger partial charge in [-0.2, -0.15) is 8.42 Å². The van der Waals surface area contributed by atoms with Gasteiger partial charge in [0.1, 0.15) is 28.1 Å². The zero-order valence-corrected chi connectivity index (χ0v) is 16.5. The Hall–Kier alpha value is -2.86. The average molecular weight is 443 g/mol. The molecule has 0 radical (unpaired) electrons. The molecular formula is C17H15F2N3O5S2. The van der Waals surface area contributed by atoms with E-state index in [1.54, 1.807) is 0 Å². The third-order valence-corrected chi connectivity index (χ3v) is 7.68. The Bertz CT molecular complexity index is 1230. The zero-order valence-electron chi connectivity index (χ0n) is 14.9. The maximum absolute atomic E-state index is 13.8. The highest BCUT2D eigenvalue weighted by Gasteiger charge is 2.34. The van der Waals surface area contributed by atoms with Gasteiger partial charge in [-0.05, 0) is 36.8 Å². The molecule has 0 bridgehead atoms. The Balaban J connectivity index is 1.97. The highest BCUT2D eigenvalue weighted by Crippen LogP contribution is 2.30. The van der Waals surface area contributed by atoms with Gasteiger partial charge in [0.05, 0.1) is 16.3 Å². The monoisotopic (exact) mass is 443 g/mol. The van der Waals surface area contributed by atoms with E-state index in [4.69, 9.17) is 0 Å². The molecule has 3 rings (SSSR count). The number of rotatable bonds is 5. The lowest BCUT2D eigenvalue weighted by atomic mass is 10.2. The summed E-state index contributed by atoms with van der Waals surface area (Å²) in [6.07, 6.45) is 0.771. The molecule has 1 aliphatic heterocycles. The third-order valence-electron chi connectivity index (χ3n) is 4.20. The topological polar surface area (TPSA) is 122 Å². The van der Waals surface area contributed by atoms with E-state index in [1.807, 2.05) is 0 Å². The summed E-state index contributed by atoms with van der Waals surface area (Å²) in [6.45, 7) is 1.42. The van der Waals surface area contributed by atoms with Gasteiger partial charge in [-0.25, -0.2) is 17.2 Å². The molecule has 0 saturated heterocycles. The van der Waals surface area contributed by atoms with Gasteiger partial charge >= 0.3 is 0 Å². The van der Waals surface area contributed by atoms with Crippen LogP contribution in [0.4, 0.5) is 20.2 Å². The van der Waals surface area contributed by atoms with Gasteiger partial charge in [-0.15, -0.1) is 4.40 Å². The third kappa shape index (κ3) is 3.98. The number of amides is 1. The number of fused-ring (bicyclic) bond motifs is 1. The molecule has 2 aromatic carbocycles. The molecule has 2 N–H and O–H groups in total. The van der Waals surface area contributed by atoms with E-state index in [9.17, 15) is 30.4 Å². The van der Waals surface area contributed by atoms with Crippen molar-refractivity contribution in [1.82, 2.24) is 0 Å². The number of benzene rings is 2. The van der Waals surface area contributed by atoms with E-state index in [0.29, 0.717) is 0 Å². The molecule has 0 aromatic heterocycles. The fraction of sp³-hybridized carbons (Fsp3) is 0.176. The van der Waals surface area contributed by atoms with Gasteiger partial charge < -0.3 is 10.6 Å². The van der Waals surface area contributed by atoms with Crippen molar-refractivity contribution < 1.29 is 30.4 Å². The van der Waals surface area contributed by atoms with Crippen molar-refractivity contribution in [3.63, 3.8) is 0 Å². The Morgan fingerprint density at radius 3 is 2.62 bits per heavy atom. The highest BCUT2D eigenvalue weighted by molar-refractivity contribution is 7.93. The minimum Gasteiger partial charge on any atom is -0.345 e. The van der Waals surface area contributed by atoms with Gasteiger partial charge in [0.15, 0.2) is 9.84 Å². The summed E-state index contributed by atoms with van der Waals surface area (Å²) in [7, 11) is -8.44. The van der Waals surface area contributed by atoms with Crippen LogP contribution < -0.4 is 10.6 Å². The first kappa shape index (κ1) is 20.9. The SMILES string of the molecule is CC[C@@H](C(=O)Nc1cc(F)ccc1F)S(=O)(=O)c1ccc2c(c1)S(=O)(=O)N=CN2. The quantitative estimate of drug-likeness (QED) is 0.731. The summed E-state index contributed by atoms with van der Waals surface area (Å²) in [5.41, 5.74) is -0.367. The van der Waals surface area contributed by atoms with Crippen LogP contribution in [0.2, 0.25) is 0 Å². The van der Waals surface area contributed by atoms with Crippen LogP contribution in [0.15, 0.2) is 50.6 Å². The second kappa shape index (κ2) is 7.52. The van der Waals surface area contributed by atoms with Gasteiger partial charge in [-0.1, -0.05) is 6.92 Å². The number of hydrogen-bond donors (Lipinski definition) is 2. The van der Waals surface area contributed by atoms with Crippen molar-refractivity contribution in [3.05, 3.63) is 48.0 Å². The van der Waals surface area contributed by atoms with Crippen molar-refractivity contribution in [1.29, 1.82) is 0 Å². The van der Waals surface area contributed by atoms with E-state index in [0.717, 1.165) is 36.7 Å². The summed E-state index contributed by atoms with van der Waals surface area (Å²) in [5.74, 6) is -2.82. The second-order valence-electron chi connectivity index (χ2n) is 6.07. The van der Waals surface area contributed by atoms with Crippen molar-refractivity contribution in [2.24, 2.45) is 4.40 Å². The molecule has 0 aliphatic carbocycles. The Kier molecular flexibility index (Phi) is 5.41. The minimum atomic E-state index is -4.35. The van der Waals surface area contributed by atoms with Crippen LogP contribution in [0.25, 0.3) is 0 Å². The maximum atomic E-state index is 13.8. The number of nitrogens with one attached hydrogen (secondary N) is 2. The summed E-state index contributed by atoms with van der Waals surface area (Å²) < 4.78 is 80.4. The van der Waals surface area contributed by atoms with Crippen LogP contribution in [0.5, 0.6) is 0 Å². The predicted molar refractivity (Wildman–Crippen MR) is 102 cm³/mol. The smallest absolute Gasteiger partial charge is 0.285 e. The first-order valence-electron chi connectivity index (χ1n) is 8.25. The van der Waals surface area contributed by atoms with Crippen LogP contribution in [0.3, 0.4) is 0 Å². The molecule has 1 heterocycles. The number of carbonyl (C=O) groups excluding carboxylic acids is 1. The van der Waals surface area contributed by atoms with Crippen LogP contribution >= 0.6 is 0 Å². The standard InChI is InChI=1S/C17H15F2N3O5S2/c1-2-15(17(23)22-14-7-10(18)3-5-12(14)19)28(24,25)11-4-6-13-16(8-11)29(26,27)21-9-20-13/h3-9,15H,2H2,1H3,(H,20,21)(H,22,23)/t15-/m0/s1. The molecule has 1 amide bonds. The maximum Gasteiger partial charge on any atom is 0.285 e. The summed E-state index contributed by atoms with van der Waals surface area (Å²) in [6, 6.07) is 5.66. The molecule has 2 aromatic rings. The molecule has 0 fully saturated rings. The summed E-state index contributed by atoms with van der Waals surface area (Å²) >= 11 is 0. The molecule has 29 heavy (non-hydrogen) atoms. The molecule has 0 unspecified atom stereocenters. The van der Waals surface area contributed by atoms with Crippen molar-refractivity contribution in [3.8, 4) is 0 Å². The number of sulfone groups is 1. The largest absolute Gasteiger partial charge is 0.345 e. The van der Waals surface area contributed by atoms with E-state index in [2.05, 4.69) is 15.0 Å². The molecule has 1 atom stereocenters. The lowest BCUT2D eigenvalue weighted by Gasteiger charge is -2.18. The lowest BCUT2D eigenvalue weighted by Crippen LogP contribution is -2.35. The second-order valence-corrected chi connectivity index (χ2v) is 9.80. The fourth-order valence-corrected chi connectivity index (χ4v) is 5.46. The molecule has 0 saturated carbocycles. The van der Waals surface area contributed by atoms with E-state index >= 15 is 0 Å². The molecule has 1 aliphatic rings. The van der Waals surface area contributed by atoms with E-state index in [-0.39, 0.29) is 17.0 Å². The highest BCUT2D eigenvalue weighted by atomic mass is 32.2. The van der Waals surface area contributed by atoms with Crippen LogP contribution in [0.1, 0.15) is 13.3 Å². The summed E-state index contributed by atoms with van der Waals surface area (Å²) in [5, 5.41) is 2.99. The van der Waals surface area contributed by atoms with Crippen LogP contribution in [-0.2, 0) is 24.7 Å². The lowest BCUT2D eigenvalue weighted by molar-refractivity contribution is -0.115. The van der Waals surface area contributed by atoms with Crippen molar-refractivity contribution in [2.45, 2.75) is 28.4 Å². The van der Waals surface area contributed by atoms with E-state index < -0.39 is 53.2 Å². The molecular weight excluding hydrogens is 428 g/mol. The van der Waals surface area contributed by atoms with Gasteiger partial charge in [-0.3, -0.25) is 4.79 Å². The molecule has 0 spiro atoms. The molecule has 154 valence electrons. The zero-order chi connectivity index (χ0) is 21.4. The minimum absolute atomic E-state index is 0.137. The fourth-order valence-electron chi connectivity index (χ4n) is 2.75. The number of hydrogen-bond acceptors (Lipinski definition) is 6. The number of anilines is 2. The summed E-state index contributed by atoms with van der Waals surface area (Å²) in [4.78, 5) is 11.7. The van der Waals surface area contributed by atoms with Crippen molar-refractivity contribution >= 4 is 43.5 Å². The Labute approximate surface area is 165 Å². The number of carbonyl (C=O) groups is 1. The average Bonchev–Trinajstić information content (AvgIpc) is 2.64. The first-order valence-corrected chi connectivity index (χ1v) is 11.2. The molecule has 8 nitrogen and oxygen atoms in total. The number of nitrogens with zero attached hydrogens (tertiary/aromatic N) is 1. The molecule has 12 heteroatoms. The Morgan fingerprint density at radius 2 is 1.93 bits per heavy atom. The van der Waals surface area contributed by atoms with Gasteiger partial charge in [0.2, 0.25) is 5.91 Å². The normalized spacial score (nSPS) is 15.8. The predicted octanol–water partition coefficient (Wildman–Crippen LogP) is 2.30. The number of sulfonamides is 1. The van der Waals surface area contributed by atoms with Crippen LogP contribution in [0, 0.1) is 11.6 Å². The number of halogens is 2. The Morgan fingerprint density at radius 1 is 1.21 bits per heavy atom. The van der Waals surface area contributed by atoms with Crippen LogP contribution in [-0.4, -0.2) is 34.3 Å².